The van der Waals surface area contributed by atoms with E-state index in [0.717, 1.165) is 12.1 Å². The summed E-state index contributed by atoms with van der Waals surface area (Å²) >= 11 is 2.92. The summed E-state index contributed by atoms with van der Waals surface area (Å²) < 4.78 is 31.6. The summed E-state index contributed by atoms with van der Waals surface area (Å²) in [5.41, 5.74) is 0.170. The molecule has 5 heteroatoms. The molecule has 0 aromatic heterocycles. The van der Waals surface area contributed by atoms with Crippen molar-refractivity contribution in [2.75, 3.05) is 25.6 Å². The molecule has 0 radical (unpaired) electrons. The summed E-state index contributed by atoms with van der Waals surface area (Å²) in [4.78, 5) is 0. The first-order chi connectivity index (χ1) is 7.54. The van der Waals surface area contributed by atoms with Crippen molar-refractivity contribution in [2.24, 2.45) is 5.92 Å². The standard InChI is InChI=1S/C11H14BrF2NO/c1-7(6-16-2)5-15-11-4-9(13)8(12)3-10(11)14/h3-4,7,15H,5-6H2,1-2H3. The number of anilines is 1. The summed E-state index contributed by atoms with van der Waals surface area (Å²) in [5, 5.41) is 2.85. The van der Waals surface area contributed by atoms with Crippen LogP contribution in [0.25, 0.3) is 0 Å². The van der Waals surface area contributed by atoms with Crippen molar-refractivity contribution >= 4 is 21.6 Å². The minimum absolute atomic E-state index is 0.125. The third-order valence-electron chi connectivity index (χ3n) is 2.10. The molecule has 0 spiro atoms. The van der Waals surface area contributed by atoms with E-state index in [1.807, 2.05) is 6.92 Å². The average Bonchev–Trinajstić information content (AvgIpc) is 2.22. The summed E-state index contributed by atoms with van der Waals surface area (Å²) in [5.74, 6) is -0.725. The second kappa shape index (κ2) is 6.15. The van der Waals surface area contributed by atoms with E-state index in [9.17, 15) is 8.78 Å². The number of hydrogen-bond donors (Lipinski definition) is 1. The van der Waals surface area contributed by atoms with Crippen LogP contribution in [0.4, 0.5) is 14.5 Å². The third-order valence-corrected chi connectivity index (χ3v) is 2.71. The Labute approximate surface area is 102 Å². The normalized spacial score (nSPS) is 12.6. The van der Waals surface area contributed by atoms with Crippen molar-refractivity contribution in [3.05, 3.63) is 28.2 Å². The minimum Gasteiger partial charge on any atom is -0.384 e. The Balaban J connectivity index is 2.63. The first-order valence-corrected chi connectivity index (χ1v) is 5.71. The summed E-state index contributed by atoms with van der Waals surface area (Å²) in [6.45, 7) is 3.07. The predicted molar refractivity (Wildman–Crippen MR) is 63.6 cm³/mol. The van der Waals surface area contributed by atoms with Gasteiger partial charge in [-0.1, -0.05) is 6.92 Å². The zero-order valence-electron chi connectivity index (χ0n) is 9.19. The van der Waals surface area contributed by atoms with Crippen LogP contribution in [-0.4, -0.2) is 20.3 Å². The molecule has 1 N–H and O–H groups in total. The number of hydrogen-bond acceptors (Lipinski definition) is 2. The number of benzene rings is 1. The highest BCUT2D eigenvalue weighted by Gasteiger charge is 2.09. The van der Waals surface area contributed by atoms with Crippen LogP contribution >= 0.6 is 15.9 Å². The van der Waals surface area contributed by atoms with Crippen molar-refractivity contribution in [1.29, 1.82) is 0 Å². The van der Waals surface area contributed by atoms with Crippen LogP contribution < -0.4 is 5.32 Å². The molecule has 1 aromatic carbocycles. The monoisotopic (exact) mass is 293 g/mol. The van der Waals surface area contributed by atoms with Crippen LogP contribution in [0.5, 0.6) is 0 Å². The van der Waals surface area contributed by atoms with Crippen LogP contribution in [0, 0.1) is 17.6 Å². The van der Waals surface area contributed by atoms with E-state index in [2.05, 4.69) is 21.2 Å². The topological polar surface area (TPSA) is 21.3 Å². The molecule has 0 bridgehead atoms. The fraction of sp³-hybridized carbons (Fsp3) is 0.455. The first-order valence-electron chi connectivity index (χ1n) is 4.92. The lowest BCUT2D eigenvalue weighted by atomic mass is 10.2. The van der Waals surface area contributed by atoms with E-state index in [1.165, 1.54) is 0 Å². The summed E-state index contributed by atoms with van der Waals surface area (Å²) in [6, 6.07) is 2.25. The molecule has 1 aromatic rings. The van der Waals surface area contributed by atoms with E-state index in [-0.39, 0.29) is 16.1 Å². The van der Waals surface area contributed by atoms with Crippen molar-refractivity contribution < 1.29 is 13.5 Å². The van der Waals surface area contributed by atoms with Crippen LogP contribution in [0.2, 0.25) is 0 Å². The fourth-order valence-corrected chi connectivity index (χ4v) is 1.60. The Kier molecular flexibility index (Phi) is 5.15. The van der Waals surface area contributed by atoms with Gasteiger partial charge in [-0.05, 0) is 27.9 Å². The molecule has 2 nitrogen and oxygen atoms in total. The molecule has 1 atom stereocenters. The van der Waals surface area contributed by atoms with Gasteiger partial charge in [0, 0.05) is 19.7 Å². The quantitative estimate of drug-likeness (QED) is 0.840. The Bertz CT molecular complexity index is 360. The summed E-state index contributed by atoms with van der Waals surface area (Å²) in [6.07, 6.45) is 0. The maximum absolute atomic E-state index is 13.4. The zero-order valence-corrected chi connectivity index (χ0v) is 10.8. The number of halogens is 3. The van der Waals surface area contributed by atoms with Gasteiger partial charge in [-0.25, -0.2) is 8.78 Å². The second-order valence-electron chi connectivity index (χ2n) is 3.69. The van der Waals surface area contributed by atoms with Gasteiger partial charge in [-0.2, -0.15) is 0 Å². The molecule has 16 heavy (non-hydrogen) atoms. The van der Waals surface area contributed by atoms with Gasteiger partial charge in [-0.3, -0.25) is 0 Å². The molecule has 0 saturated carbocycles. The Morgan fingerprint density at radius 1 is 1.38 bits per heavy atom. The zero-order chi connectivity index (χ0) is 12.1. The second-order valence-corrected chi connectivity index (χ2v) is 4.54. The lowest BCUT2D eigenvalue weighted by Crippen LogP contribution is -2.16. The molecule has 0 heterocycles. The average molecular weight is 294 g/mol. The maximum atomic E-state index is 13.4. The van der Waals surface area contributed by atoms with Gasteiger partial charge in [0.2, 0.25) is 0 Å². The van der Waals surface area contributed by atoms with E-state index < -0.39 is 11.6 Å². The van der Waals surface area contributed by atoms with Crippen LogP contribution in [-0.2, 0) is 4.74 Å². The molecule has 0 fully saturated rings. The van der Waals surface area contributed by atoms with Crippen LogP contribution in [0.3, 0.4) is 0 Å². The Hall–Kier alpha value is -0.680. The van der Waals surface area contributed by atoms with Gasteiger partial charge in [0.1, 0.15) is 11.6 Å². The van der Waals surface area contributed by atoms with Gasteiger partial charge < -0.3 is 10.1 Å². The van der Waals surface area contributed by atoms with Gasteiger partial charge >= 0.3 is 0 Å². The lowest BCUT2D eigenvalue weighted by Gasteiger charge is -2.13. The number of nitrogens with one attached hydrogen (secondary N) is 1. The predicted octanol–water partition coefficient (Wildman–Crippen LogP) is 3.42. The summed E-state index contributed by atoms with van der Waals surface area (Å²) in [7, 11) is 1.61. The molecule has 0 aliphatic heterocycles. The molecule has 1 unspecified atom stereocenters. The van der Waals surface area contributed by atoms with E-state index in [4.69, 9.17) is 4.74 Å². The van der Waals surface area contributed by atoms with Gasteiger partial charge in [-0.15, -0.1) is 0 Å². The third kappa shape index (κ3) is 3.72. The van der Waals surface area contributed by atoms with Gasteiger partial charge in [0.15, 0.2) is 0 Å². The molecular formula is C11H14BrF2NO. The minimum atomic E-state index is -0.483. The largest absolute Gasteiger partial charge is 0.384 e. The number of ether oxygens (including phenoxy) is 1. The van der Waals surface area contributed by atoms with Crippen molar-refractivity contribution in [2.45, 2.75) is 6.92 Å². The fourth-order valence-electron chi connectivity index (χ4n) is 1.29. The highest BCUT2D eigenvalue weighted by Crippen LogP contribution is 2.23. The van der Waals surface area contributed by atoms with E-state index >= 15 is 0 Å². The molecule has 0 saturated heterocycles. The van der Waals surface area contributed by atoms with Crippen LogP contribution in [0.1, 0.15) is 6.92 Å². The maximum Gasteiger partial charge on any atom is 0.147 e. The first kappa shape index (κ1) is 13.4. The van der Waals surface area contributed by atoms with Crippen LogP contribution in [0.15, 0.2) is 16.6 Å². The number of rotatable bonds is 5. The molecule has 90 valence electrons. The molecule has 0 amide bonds. The number of methoxy groups -OCH3 is 1. The highest BCUT2D eigenvalue weighted by molar-refractivity contribution is 9.10. The van der Waals surface area contributed by atoms with Gasteiger partial charge in [0.05, 0.1) is 16.8 Å². The molecule has 0 aliphatic rings. The molecular weight excluding hydrogens is 280 g/mol. The lowest BCUT2D eigenvalue weighted by molar-refractivity contribution is 0.164. The molecule has 1 rings (SSSR count). The van der Waals surface area contributed by atoms with Crippen molar-refractivity contribution in [1.82, 2.24) is 0 Å². The Morgan fingerprint density at radius 3 is 2.69 bits per heavy atom. The smallest absolute Gasteiger partial charge is 0.147 e. The van der Waals surface area contributed by atoms with E-state index in [0.29, 0.717) is 13.2 Å². The highest BCUT2D eigenvalue weighted by atomic mass is 79.9. The van der Waals surface area contributed by atoms with Crippen molar-refractivity contribution in [3.63, 3.8) is 0 Å². The van der Waals surface area contributed by atoms with E-state index in [1.54, 1.807) is 7.11 Å². The van der Waals surface area contributed by atoms with Crippen molar-refractivity contribution in [3.8, 4) is 0 Å². The SMILES string of the molecule is COCC(C)CNc1cc(F)c(Br)cc1F. The Morgan fingerprint density at radius 2 is 2.06 bits per heavy atom. The molecule has 0 aliphatic carbocycles. The van der Waals surface area contributed by atoms with Gasteiger partial charge in [0.25, 0.3) is 0 Å².